The quantitative estimate of drug-likeness (QED) is 0.829. The van der Waals surface area contributed by atoms with Gasteiger partial charge in [-0.05, 0) is 47.5 Å². The predicted molar refractivity (Wildman–Crippen MR) is 93.3 cm³/mol. The minimum Gasteiger partial charge on any atom is -0.508 e. The van der Waals surface area contributed by atoms with Crippen LogP contribution >= 0.6 is 0 Å². The lowest BCUT2D eigenvalue weighted by atomic mass is 10.1. The Hall–Kier alpha value is -3.48. The summed E-state index contributed by atoms with van der Waals surface area (Å²) in [7, 11) is 1.52. The Labute approximate surface area is 147 Å². The third-order valence-electron chi connectivity index (χ3n) is 3.74. The summed E-state index contributed by atoms with van der Waals surface area (Å²) >= 11 is 0. The Morgan fingerprint density at radius 3 is 2.38 bits per heavy atom. The number of likely N-dealkylation sites (N-methyl/N-ethyl adjacent to an activating group) is 1. The van der Waals surface area contributed by atoms with E-state index in [1.807, 2.05) is 0 Å². The molecule has 1 aliphatic rings. The van der Waals surface area contributed by atoms with Gasteiger partial charge < -0.3 is 10.2 Å². The molecule has 2 N–H and O–H groups in total. The van der Waals surface area contributed by atoms with Gasteiger partial charge in [-0.25, -0.2) is 13.8 Å². The first-order chi connectivity index (χ1) is 12.3. The maximum Gasteiger partial charge on any atom is 0.277 e. The molecule has 7 heteroatoms. The first kappa shape index (κ1) is 17.3. The van der Waals surface area contributed by atoms with Crippen molar-refractivity contribution in [2.75, 3.05) is 7.05 Å². The summed E-state index contributed by atoms with van der Waals surface area (Å²) in [5, 5.41) is 18.6. The van der Waals surface area contributed by atoms with Gasteiger partial charge >= 0.3 is 0 Å². The van der Waals surface area contributed by atoms with Gasteiger partial charge in [0, 0.05) is 7.05 Å². The molecule has 0 atom stereocenters. The average molecular weight is 356 g/mol. The Morgan fingerprint density at radius 1 is 1.04 bits per heavy atom. The van der Waals surface area contributed by atoms with Crippen LogP contribution in [0.1, 0.15) is 11.1 Å². The molecule has 0 spiro atoms. The molecule has 0 fully saturated rings. The summed E-state index contributed by atoms with van der Waals surface area (Å²) in [6.45, 7) is 0. The van der Waals surface area contributed by atoms with Crippen LogP contribution in [0.25, 0.3) is 12.2 Å². The third-order valence-corrected chi connectivity index (χ3v) is 3.74. The number of phenols is 2. The van der Waals surface area contributed by atoms with Gasteiger partial charge in [-0.3, -0.25) is 9.69 Å². The highest BCUT2D eigenvalue weighted by molar-refractivity contribution is 6.18. The fourth-order valence-electron chi connectivity index (χ4n) is 2.39. The van der Waals surface area contributed by atoms with Gasteiger partial charge in [0.1, 0.15) is 17.3 Å². The molecule has 1 amide bonds. The maximum atomic E-state index is 13.4. The molecule has 2 aromatic carbocycles. The highest BCUT2D eigenvalue weighted by atomic mass is 19.1. The Morgan fingerprint density at radius 2 is 1.73 bits per heavy atom. The molecule has 1 heterocycles. The molecule has 0 aromatic heterocycles. The zero-order valence-electron chi connectivity index (χ0n) is 13.6. The number of rotatable bonds is 3. The van der Waals surface area contributed by atoms with Crippen LogP contribution in [0.2, 0.25) is 0 Å². The van der Waals surface area contributed by atoms with Crippen molar-refractivity contribution in [3.8, 4) is 11.5 Å². The number of carbonyl (C=O) groups is 1. The minimum atomic E-state index is -1.12. The van der Waals surface area contributed by atoms with E-state index < -0.39 is 23.3 Å². The molecule has 0 saturated heterocycles. The molecular weight excluding hydrogens is 342 g/mol. The van der Waals surface area contributed by atoms with Crippen molar-refractivity contribution in [1.29, 1.82) is 0 Å². The van der Waals surface area contributed by atoms with Crippen molar-refractivity contribution in [3.05, 3.63) is 70.9 Å². The van der Waals surface area contributed by atoms with Crippen molar-refractivity contribution < 1.29 is 23.8 Å². The number of hydrogen-bond acceptors (Lipinski definition) is 4. The summed E-state index contributed by atoms with van der Waals surface area (Å²) in [5.41, 5.74) is 0.790. The molecular formula is C19H14F2N2O3. The van der Waals surface area contributed by atoms with Crippen molar-refractivity contribution in [2.45, 2.75) is 0 Å². The van der Waals surface area contributed by atoms with Gasteiger partial charge in [-0.2, -0.15) is 0 Å². The number of hydrogen-bond donors (Lipinski definition) is 2. The van der Waals surface area contributed by atoms with Crippen molar-refractivity contribution in [2.24, 2.45) is 4.99 Å². The van der Waals surface area contributed by atoms with E-state index in [1.54, 1.807) is 30.4 Å². The number of phenolic OH excluding ortho intramolecular Hbond substituents is 2. The standard InChI is InChI=1S/C19H14F2N2O3/c1-23-17(6-5-11-3-2-4-13(24)7-11)22-16(19(23)26)10-12-8-14(20)18(25)15(21)9-12/h2-10,24-25H,1H3. The zero-order chi connectivity index (χ0) is 18.8. The highest BCUT2D eigenvalue weighted by Crippen LogP contribution is 2.24. The summed E-state index contributed by atoms with van der Waals surface area (Å²) < 4.78 is 26.8. The molecule has 132 valence electrons. The smallest absolute Gasteiger partial charge is 0.277 e. The SMILES string of the molecule is CN1C(=O)C(=Cc2cc(F)c(O)c(F)c2)N=C1C=Cc1cccc(O)c1. The van der Waals surface area contributed by atoms with Gasteiger partial charge in [-0.15, -0.1) is 0 Å². The van der Waals surface area contributed by atoms with Gasteiger partial charge in [0.15, 0.2) is 17.4 Å². The van der Waals surface area contributed by atoms with Crippen molar-refractivity contribution >= 4 is 23.9 Å². The van der Waals surface area contributed by atoms with Crippen molar-refractivity contribution in [3.63, 3.8) is 0 Å². The van der Waals surface area contributed by atoms with Crippen molar-refractivity contribution in [1.82, 2.24) is 4.90 Å². The van der Waals surface area contributed by atoms with Gasteiger partial charge in [0.25, 0.3) is 5.91 Å². The summed E-state index contributed by atoms with van der Waals surface area (Å²) in [6, 6.07) is 8.36. The molecule has 0 aliphatic carbocycles. The average Bonchev–Trinajstić information content (AvgIpc) is 2.86. The fraction of sp³-hybridized carbons (Fsp3) is 0.0526. The lowest BCUT2D eigenvalue weighted by Crippen LogP contribution is -2.26. The number of amides is 1. The molecule has 5 nitrogen and oxygen atoms in total. The number of aliphatic imine (C=N–C) groups is 1. The van der Waals surface area contributed by atoms with Crippen LogP contribution in [0.3, 0.4) is 0 Å². The number of halogens is 2. The maximum absolute atomic E-state index is 13.4. The van der Waals surface area contributed by atoms with E-state index in [0.717, 1.165) is 12.1 Å². The van der Waals surface area contributed by atoms with E-state index >= 15 is 0 Å². The van der Waals surface area contributed by atoms with E-state index in [4.69, 9.17) is 5.11 Å². The van der Waals surface area contributed by atoms with E-state index in [9.17, 15) is 18.7 Å². The van der Waals surface area contributed by atoms with Crippen LogP contribution in [0.5, 0.6) is 11.5 Å². The number of benzene rings is 2. The van der Waals surface area contributed by atoms with Gasteiger partial charge in [-0.1, -0.05) is 18.2 Å². The first-order valence-corrected chi connectivity index (χ1v) is 7.59. The molecule has 0 saturated carbocycles. The number of amidine groups is 1. The van der Waals surface area contributed by atoms with E-state index in [0.29, 0.717) is 11.4 Å². The minimum absolute atomic E-state index is 0.00699. The van der Waals surface area contributed by atoms with Crippen LogP contribution < -0.4 is 0 Å². The lowest BCUT2D eigenvalue weighted by molar-refractivity contribution is -0.121. The van der Waals surface area contributed by atoms with Gasteiger partial charge in [0.05, 0.1) is 0 Å². The summed E-state index contributed by atoms with van der Waals surface area (Å²) in [5.74, 6) is -3.30. The number of nitrogens with zero attached hydrogens (tertiary/aromatic N) is 2. The zero-order valence-corrected chi connectivity index (χ0v) is 13.6. The molecule has 3 rings (SSSR count). The van der Waals surface area contributed by atoms with Crippen LogP contribution in [-0.4, -0.2) is 33.9 Å². The largest absolute Gasteiger partial charge is 0.508 e. The molecule has 1 aliphatic heterocycles. The van der Waals surface area contributed by atoms with Crippen LogP contribution in [0.15, 0.2) is 53.2 Å². The summed E-state index contributed by atoms with van der Waals surface area (Å²) in [6.07, 6.45) is 4.50. The number of carbonyl (C=O) groups excluding carboxylic acids is 1. The van der Waals surface area contributed by atoms with Gasteiger partial charge in [0.2, 0.25) is 0 Å². The second kappa shape index (κ2) is 6.79. The normalized spacial score (nSPS) is 16.0. The van der Waals surface area contributed by atoms with E-state index in [2.05, 4.69) is 4.99 Å². The topological polar surface area (TPSA) is 73.1 Å². The lowest BCUT2D eigenvalue weighted by Gasteiger charge is -2.07. The third kappa shape index (κ3) is 3.46. The van der Waals surface area contributed by atoms with E-state index in [-0.39, 0.29) is 17.0 Å². The summed E-state index contributed by atoms with van der Waals surface area (Å²) in [4.78, 5) is 17.7. The highest BCUT2D eigenvalue weighted by Gasteiger charge is 2.25. The van der Waals surface area contributed by atoms with Crippen LogP contribution in [0, 0.1) is 11.6 Å². The number of aromatic hydroxyl groups is 2. The fourth-order valence-corrected chi connectivity index (χ4v) is 2.39. The van der Waals surface area contributed by atoms with Crippen LogP contribution in [0.4, 0.5) is 8.78 Å². The Kier molecular flexibility index (Phi) is 4.53. The molecule has 26 heavy (non-hydrogen) atoms. The predicted octanol–water partition coefficient (Wildman–Crippen LogP) is 3.30. The monoisotopic (exact) mass is 356 g/mol. The van der Waals surface area contributed by atoms with Crippen LogP contribution in [-0.2, 0) is 4.79 Å². The second-order valence-corrected chi connectivity index (χ2v) is 5.63. The molecule has 0 radical (unpaired) electrons. The molecule has 0 unspecified atom stereocenters. The second-order valence-electron chi connectivity index (χ2n) is 5.63. The molecule has 2 aromatic rings. The van der Waals surface area contributed by atoms with E-state index in [1.165, 1.54) is 24.1 Å². The first-order valence-electron chi connectivity index (χ1n) is 7.59. The molecule has 0 bridgehead atoms. The Bertz CT molecular complexity index is 957. The Balaban J connectivity index is 1.91.